The first-order valence-corrected chi connectivity index (χ1v) is 9.31. The molecule has 0 spiro atoms. The van der Waals surface area contributed by atoms with Gasteiger partial charge in [-0.05, 0) is 24.3 Å². The van der Waals surface area contributed by atoms with E-state index in [1.165, 1.54) is 11.8 Å². The number of carbonyl (C=O) groups excluding carboxylic acids is 1. The largest absolute Gasteiger partial charge is 0.325 e. The second-order valence-electron chi connectivity index (χ2n) is 5.42. The average molecular weight is 385 g/mol. The van der Waals surface area contributed by atoms with Gasteiger partial charge in [-0.2, -0.15) is 0 Å². The van der Waals surface area contributed by atoms with E-state index in [0.717, 1.165) is 11.3 Å². The van der Waals surface area contributed by atoms with E-state index >= 15 is 0 Å². The molecule has 5 nitrogen and oxygen atoms in total. The third-order valence-electron chi connectivity index (χ3n) is 3.50. The summed E-state index contributed by atoms with van der Waals surface area (Å²) in [5.41, 5.74) is 1.64. The number of thioether (sulfide) groups is 1. The lowest BCUT2D eigenvalue weighted by Crippen LogP contribution is -2.14. The highest BCUT2D eigenvalue weighted by atomic mass is 35.5. The van der Waals surface area contributed by atoms with E-state index in [1.807, 2.05) is 59.2 Å². The summed E-state index contributed by atoms with van der Waals surface area (Å²) in [5.74, 6) is 0.830. The van der Waals surface area contributed by atoms with Crippen LogP contribution in [0.15, 0.2) is 72.4 Å². The van der Waals surface area contributed by atoms with E-state index < -0.39 is 0 Å². The Labute approximate surface area is 161 Å². The van der Waals surface area contributed by atoms with Crippen molar-refractivity contribution in [2.45, 2.75) is 11.7 Å². The normalized spacial score (nSPS) is 10.5. The molecule has 0 fully saturated rings. The van der Waals surface area contributed by atoms with Crippen molar-refractivity contribution in [3.8, 4) is 11.4 Å². The van der Waals surface area contributed by atoms with Crippen LogP contribution in [-0.4, -0.2) is 26.4 Å². The lowest BCUT2D eigenvalue weighted by atomic mass is 10.2. The molecule has 0 atom stereocenters. The second kappa shape index (κ2) is 8.69. The van der Waals surface area contributed by atoms with Gasteiger partial charge in [0.25, 0.3) is 0 Å². The van der Waals surface area contributed by atoms with Gasteiger partial charge in [-0.15, -0.1) is 16.8 Å². The Morgan fingerprint density at radius 2 is 2.00 bits per heavy atom. The summed E-state index contributed by atoms with van der Waals surface area (Å²) in [4.78, 5) is 12.1. The Morgan fingerprint density at radius 3 is 2.73 bits per heavy atom. The third-order valence-corrected chi connectivity index (χ3v) is 4.70. The lowest BCUT2D eigenvalue weighted by molar-refractivity contribution is -0.113. The Hall–Kier alpha value is -2.57. The minimum atomic E-state index is -0.0985. The average Bonchev–Trinajstić information content (AvgIpc) is 3.04. The summed E-state index contributed by atoms with van der Waals surface area (Å²) in [6.45, 7) is 4.33. The number of nitrogens with zero attached hydrogens (tertiary/aromatic N) is 3. The van der Waals surface area contributed by atoms with Crippen LogP contribution in [0.1, 0.15) is 0 Å². The maximum absolute atomic E-state index is 12.1. The molecule has 0 aliphatic carbocycles. The zero-order valence-electron chi connectivity index (χ0n) is 13.9. The van der Waals surface area contributed by atoms with Crippen LogP contribution in [-0.2, 0) is 11.3 Å². The Balaban J connectivity index is 1.73. The molecule has 0 aliphatic rings. The Morgan fingerprint density at radius 1 is 1.19 bits per heavy atom. The van der Waals surface area contributed by atoms with Crippen molar-refractivity contribution in [1.29, 1.82) is 0 Å². The fourth-order valence-corrected chi connectivity index (χ4v) is 3.32. The summed E-state index contributed by atoms with van der Waals surface area (Å²) in [5, 5.41) is 12.6. The monoisotopic (exact) mass is 384 g/mol. The molecule has 7 heteroatoms. The summed E-state index contributed by atoms with van der Waals surface area (Å²) in [6.07, 6.45) is 1.77. The number of hydrogen-bond donors (Lipinski definition) is 1. The molecule has 26 heavy (non-hydrogen) atoms. The van der Waals surface area contributed by atoms with E-state index in [2.05, 4.69) is 22.1 Å². The van der Waals surface area contributed by atoms with Crippen molar-refractivity contribution in [3.63, 3.8) is 0 Å². The standard InChI is InChI=1S/C19H17ClN4OS/c1-2-11-24-18(14-7-6-8-15(20)12-14)22-23-19(24)26-13-17(25)21-16-9-4-3-5-10-16/h2-10,12H,1,11,13H2,(H,21,25). The molecule has 1 aromatic heterocycles. The predicted molar refractivity (Wildman–Crippen MR) is 106 cm³/mol. The maximum Gasteiger partial charge on any atom is 0.234 e. The van der Waals surface area contributed by atoms with Crippen LogP contribution in [0.3, 0.4) is 0 Å². The van der Waals surface area contributed by atoms with Gasteiger partial charge in [0.05, 0.1) is 5.75 Å². The molecule has 1 amide bonds. The highest BCUT2D eigenvalue weighted by molar-refractivity contribution is 7.99. The third kappa shape index (κ3) is 4.53. The lowest BCUT2D eigenvalue weighted by Gasteiger charge is -2.08. The van der Waals surface area contributed by atoms with Crippen molar-refractivity contribution in [2.75, 3.05) is 11.1 Å². The van der Waals surface area contributed by atoms with Crippen LogP contribution in [0.2, 0.25) is 5.02 Å². The Bertz CT molecular complexity index is 911. The van der Waals surface area contributed by atoms with Gasteiger partial charge in [-0.25, -0.2) is 0 Å². The minimum Gasteiger partial charge on any atom is -0.325 e. The first-order chi connectivity index (χ1) is 12.7. The summed E-state index contributed by atoms with van der Waals surface area (Å²) >= 11 is 7.41. The van der Waals surface area contributed by atoms with Gasteiger partial charge < -0.3 is 5.32 Å². The Kier molecular flexibility index (Phi) is 6.09. The van der Waals surface area contributed by atoms with E-state index in [9.17, 15) is 4.79 Å². The fourth-order valence-electron chi connectivity index (χ4n) is 2.38. The summed E-state index contributed by atoms with van der Waals surface area (Å²) in [7, 11) is 0. The summed E-state index contributed by atoms with van der Waals surface area (Å²) < 4.78 is 1.92. The topological polar surface area (TPSA) is 59.8 Å². The number of rotatable bonds is 7. The number of anilines is 1. The number of nitrogens with one attached hydrogen (secondary N) is 1. The molecule has 0 unspecified atom stereocenters. The first-order valence-electron chi connectivity index (χ1n) is 7.95. The van der Waals surface area contributed by atoms with Crippen LogP contribution >= 0.6 is 23.4 Å². The molecule has 132 valence electrons. The van der Waals surface area contributed by atoms with Gasteiger partial charge in [0.1, 0.15) is 0 Å². The number of hydrogen-bond acceptors (Lipinski definition) is 4. The maximum atomic E-state index is 12.1. The molecule has 3 rings (SSSR count). The van der Waals surface area contributed by atoms with Gasteiger partial charge >= 0.3 is 0 Å². The van der Waals surface area contributed by atoms with Crippen LogP contribution in [0.25, 0.3) is 11.4 Å². The van der Waals surface area contributed by atoms with Crippen molar-refractivity contribution < 1.29 is 4.79 Å². The molecule has 0 bridgehead atoms. The molecule has 0 radical (unpaired) electrons. The van der Waals surface area contributed by atoms with Crippen molar-refractivity contribution in [2.24, 2.45) is 0 Å². The molecule has 1 N–H and O–H groups in total. The van der Waals surface area contributed by atoms with Crippen LogP contribution in [0.4, 0.5) is 5.69 Å². The molecular weight excluding hydrogens is 368 g/mol. The van der Waals surface area contributed by atoms with Gasteiger partial charge in [-0.1, -0.05) is 59.8 Å². The number of amides is 1. The molecule has 0 aliphatic heterocycles. The predicted octanol–water partition coefficient (Wildman–Crippen LogP) is 4.52. The molecule has 0 saturated heterocycles. The fraction of sp³-hybridized carbons (Fsp3) is 0.105. The second-order valence-corrected chi connectivity index (χ2v) is 6.80. The van der Waals surface area contributed by atoms with Crippen LogP contribution in [0.5, 0.6) is 0 Å². The number of aromatic nitrogens is 3. The molecule has 1 heterocycles. The number of benzene rings is 2. The smallest absolute Gasteiger partial charge is 0.234 e. The van der Waals surface area contributed by atoms with E-state index in [-0.39, 0.29) is 11.7 Å². The highest BCUT2D eigenvalue weighted by Crippen LogP contribution is 2.26. The number of para-hydroxylation sites is 1. The van der Waals surface area contributed by atoms with Crippen molar-refractivity contribution in [1.82, 2.24) is 14.8 Å². The van der Waals surface area contributed by atoms with E-state index in [0.29, 0.717) is 22.5 Å². The zero-order chi connectivity index (χ0) is 18.4. The van der Waals surface area contributed by atoms with Gasteiger partial charge in [0.15, 0.2) is 11.0 Å². The number of halogens is 1. The highest BCUT2D eigenvalue weighted by Gasteiger charge is 2.15. The van der Waals surface area contributed by atoms with Crippen molar-refractivity contribution in [3.05, 3.63) is 72.3 Å². The van der Waals surface area contributed by atoms with Crippen LogP contribution in [0, 0.1) is 0 Å². The SMILES string of the molecule is C=CCn1c(SCC(=O)Nc2ccccc2)nnc1-c1cccc(Cl)c1. The van der Waals surface area contributed by atoms with E-state index in [1.54, 1.807) is 6.08 Å². The minimum absolute atomic E-state index is 0.0985. The first kappa shape index (κ1) is 18.2. The molecule has 0 saturated carbocycles. The molecule has 3 aromatic rings. The quantitative estimate of drug-likeness (QED) is 0.480. The number of allylic oxidation sites excluding steroid dienone is 1. The molecular formula is C19H17ClN4OS. The molecule has 2 aromatic carbocycles. The van der Waals surface area contributed by atoms with Crippen LogP contribution < -0.4 is 5.32 Å². The van der Waals surface area contributed by atoms with Gasteiger partial charge in [-0.3, -0.25) is 9.36 Å². The van der Waals surface area contributed by atoms with E-state index in [4.69, 9.17) is 11.6 Å². The van der Waals surface area contributed by atoms with Gasteiger partial charge in [0, 0.05) is 22.8 Å². The number of carbonyl (C=O) groups is 1. The summed E-state index contributed by atoms with van der Waals surface area (Å²) in [6, 6.07) is 16.8. The van der Waals surface area contributed by atoms with Gasteiger partial charge in [0.2, 0.25) is 5.91 Å². The zero-order valence-corrected chi connectivity index (χ0v) is 15.5. The van der Waals surface area contributed by atoms with Crippen molar-refractivity contribution >= 4 is 35.0 Å².